The lowest BCUT2D eigenvalue weighted by molar-refractivity contribution is -0.114. The number of carbonyl (C=O) groups is 3. The van der Waals surface area contributed by atoms with Crippen LogP contribution in [0, 0.1) is 10.7 Å². The van der Waals surface area contributed by atoms with Gasteiger partial charge in [-0.15, -0.1) is 0 Å². The number of aliphatic hydroxyl groups excluding tert-OH is 5. The lowest BCUT2D eigenvalue weighted by atomic mass is 10.1. The van der Waals surface area contributed by atoms with Gasteiger partial charge < -0.3 is 46.2 Å². The van der Waals surface area contributed by atoms with Gasteiger partial charge in [0.15, 0.2) is 0 Å². The van der Waals surface area contributed by atoms with E-state index in [0.717, 1.165) is 0 Å². The second-order valence-electron chi connectivity index (χ2n) is 7.03. The van der Waals surface area contributed by atoms with Crippen LogP contribution in [0.15, 0.2) is 0 Å². The first-order chi connectivity index (χ1) is 15.9. The Labute approximate surface area is 236 Å². The fourth-order valence-electron chi connectivity index (χ4n) is 2.46. The molecule has 8 N–H and O–H groups in total. The van der Waals surface area contributed by atoms with Crippen molar-refractivity contribution < 1.29 is 44.7 Å². The van der Waals surface area contributed by atoms with Crippen LogP contribution >= 0.6 is 67.8 Å². The Bertz CT molecular complexity index is 889. The molecule has 3 atom stereocenters. The van der Waals surface area contributed by atoms with Crippen LogP contribution in [0.1, 0.15) is 27.6 Å². The molecule has 0 aromatic heterocycles. The number of ether oxygens (including phenoxy) is 1. The van der Waals surface area contributed by atoms with Gasteiger partial charge in [0.25, 0.3) is 11.8 Å². The highest BCUT2D eigenvalue weighted by Crippen LogP contribution is 2.35. The largest absolute Gasteiger partial charge is 0.394 e. The smallest absolute Gasteiger partial charge is 0.253 e. The summed E-state index contributed by atoms with van der Waals surface area (Å²) in [7, 11) is 0. The highest BCUT2D eigenvalue weighted by molar-refractivity contribution is 14.1. The SMILES string of the molecule is CC(=O)Nc1c(I)c(C(=O)NCC(O)CO)c(I)c(C(=O)NCC(O)COCC(O)CO)c1I. The van der Waals surface area contributed by atoms with Gasteiger partial charge in [-0.3, -0.25) is 14.4 Å². The van der Waals surface area contributed by atoms with Crippen LogP contribution in [-0.2, 0) is 9.53 Å². The molecule has 0 radical (unpaired) electrons. The molecular formula is C19H26I3N3O9. The van der Waals surface area contributed by atoms with E-state index in [1.165, 1.54) is 6.92 Å². The summed E-state index contributed by atoms with van der Waals surface area (Å²) in [4.78, 5) is 37.6. The van der Waals surface area contributed by atoms with Gasteiger partial charge in [0.05, 0.1) is 62.6 Å². The van der Waals surface area contributed by atoms with Gasteiger partial charge in [-0.1, -0.05) is 0 Å². The van der Waals surface area contributed by atoms with Crippen LogP contribution in [0.5, 0.6) is 0 Å². The highest BCUT2D eigenvalue weighted by Gasteiger charge is 2.28. The fraction of sp³-hybridized carbons (Fsp3) is 0.526. The van der Waals surface area contributed by atoms with Gasteiger partial charge in [0.2, 0.25) is 5.91 Å². The summed E-state index contributed by atoms with van der Waals surface area (Å²) in [6.07, 6.45) is -3.35. The van der Waals surface area contributed by atoms with Crippen molar-refractivity contribution in [3.63, 3.8) is 0 Å². The summed E-state index contributed by atoms with van der Waals surface area (Å²) in [6.45, 7) is -0.550. The second kappa shape index (κ2) is 15.6. The first kappa shape index (κ1) is 31.6. The zero-order valence-electron chi connectivity index (χ0n) is 18.0. The van der Waals surface area contributed by atoms with Crippen LogP contribution in [0.4, 0.5) is 5.69 Å². The third-order valence-electron chi connectivity index (χ3n) is 4.11. The van der Waals surface area contributed by atoms with Crippen molar-refractivity contribution in [2.75, 3.05) is 44.8 Å². The van der Waals surface area contributed by atoms with Gasteiger partial charge in [-0.05, 0) is 67.8 Å². The predicted octanol–water partition coefficient (Wildman–Crippen LogP) is -0.998. The van der Waals surface area contributed by atoms with Crippen molar-refractivity contribution >= 4 is 91.2 Å². The lowest BCUT2D eigenvalue weighted by Gasteiger charge is -2.20. The van der Waals surface area contributed by atoms with Crippen LogP contribution in [-0.4, -0.2) is 101 Å². The number of anilines is 1. The standard InChI is InChI=1S/C19H26I3N3O9/c1-8(28)25-17-15(21)12(18(32)23-2-9(29)4-26)14(20)13(16(17)22)19(33)24-3-10(30)6-34-7-11(31)5-27/h9-11,26-27,29-31H,2-7H2,1H3,(H,23,32)(H,24,33)(H,25,28). The van der Waals surface area contributed by atoms with Gasteiger partial charge in [-0.2, -0.15) is 0 Å². The van der Waals surface area contributed by atoms with E-state index < -0.39 is 49.2 Å². The van der Waals surface area contributed by atoms with Crippen molar-refractivity contribution in [3.05, 3.63) is 21.8 Å². The molecular weight excluding hydrogens is 795 g/mol. The molecule has 0 saturated heterocycles. The Morgan fingerprint density at radius 3 is 1.68 bits per heavy atom. The Kier molecular flexibility index (Phi) is 14.5. The van der Waals surface area contributed by atoms with E-state index in [4.69, 9.17) is 14.9 Å². The molecule has 0 aliphatic heterocycles. The van der Waals surface area contributed by atoms with Crippen LogP contribution in [0.25, 0.3) is 0 Å². The van der Waals surface area contributed by atoms with Crippen LogP contribution < -0.4 is 16.0 Å². The maximum atomic E-state index is 13.0. The lowest BCUT2D eigenvalue weighted by Crippen LogP contribution is -2.37. The predicted molar refractivity (Wildman–Crippen MR) is 147 cm³/mol. The van der Waals surface area contributed by atoms with Crippen LogP contribution in [0.3, 0.4) is 0 Å². The Hall–Kier alpha value is -0.420. The monoisotopic (exact) mass is 821 g/mol. The molecule has 0 fully saturated rings. The van der Waals surface area contributed by atoms with E-state index in [9.17, 15) is 29.7 Å². The molecule has 34 heavy (non-hydrogen) atoms. The van der Waals surface area contributed by atoms with Gasteiger partial charge in [-0.25, -0.2) is 0 Å². The molecule has 1 rings (SSSR count). The number of amides is 3. The van der Waals surface area contributed by atoms with E-state index >= 15 is 0 Å². The molecule has 0 bridgehead atoms. The normalized spacial score (nSPS) is 13.7. The molecule has 0 aliphatic rings. The Balaban J connectivity index is 3.17. The van der Waals surface area contributed by atoms with E-state index in [0.29, 0.717) is 7.14 Å². The number of nitrogens with one attached hydrogen (secondary N) is 3. The molecule has 3 amide bonds. The molecule has 15 heteroatoms. The van der Waals surface area contributed by atoms with Crippen molar-refractivity contribution in [1.82, 2.24) is 10.6 Å². The van der Waals surface area contributed by atoms with E-state index in [1.54, 1.807) is 0 Å². The van der Waals surface area contributed by atoms with Gasteiger partial charge in [0.1, 0.15) is 6.10 Å². The second-order valence-corrected chi connectivity index (χ2v) is 10.3. The Morgan fingerprint density at radius 2 is 1.24 bits per heavy atom. The average molecular weight is 821 g/mol. The molecule has 12 nitrogen and oxygen atoms in total. The summed E-state index contributed by atoms with van der Waals surface area (Å²) in [5.41, 5.74) is 0.457. The van der Waals surface area contributed by atoms with Crippen molar-refractivity contribution in [2.24, 2.45) is 0 Å². The minimum absolute atomic E-state index is 0.0991. The molecule has 1 aromatic rings. The molecule has 0 saturated carbocycles. The maximum Gasteiger partial charge on any atom is 0.253 e. The first-order valence-electron chi connectivity index (χ1n) is 9.82. The van der Waals surface area contributed by atoms with E-state index in [-0.39, 0.29) is 46.7 Å². The fourth-order valence-corrected chi connectivity index (χ4v) is 6.88. The summed E-state index contributed by atoms with van der Waals surface area (Å²) in [5, 5.41) is 54.2. The molecule has 0 aliphatic carbocycles. The first-order valence-corrected chi connectivity index (χ1v) is 13.1. The summed E-state index contributed by atoms with van der Waals surface area (Å²) in [5.74, 6) is -1.65. The molecule has 1 aromatic carbocycles. The number of benzene rings is 1. The number of hydrogen-bond donors (Lipinski definition) is 8. The maximum absolute atomic E-state index is 13.0. The summed E-state index contributed by atoms with van der Waals surface area (Å²) >= 11 is 5.60. The van der Waals surface area contributed by atoms with Crippen molar-refractivity contribution in [3.8, 4) is 0 Å². The quantitative estimate of drug-likeness (QED) is 0.115. The number of halogens is 3. The zero-order valence-corrected chi connectivity index (χ0v) is 24.5. The number of hydrogen-bond acceptors (Lipinski definition) is 9. The zero-order chi connectivity index (χ0) is 26.0. The third-order valence-corrected chi connectivity index (χ3v) is 7.35. The minimum Gasteiger partial charge on any atom is -0.394 e. The summed E-state index contributed by atoms with van der Waals surface area (Å²) < 4.78 is 6.10. The molecule has 192 valence electrons. The van der Waals surface area contributed by atoms with Gasteiger partial charge >= 0.3 is 0 Å². The number of carbonyl (C=O) groups excluding carboxylic acids is 3. The highest BCUT2D eigenvalue weighted by atomic mass is 127. The summed E-state index contributed by atoms with van der Waals surface area (Å²) in [6, 6.07) is 0. The minimum atomic E-state index is -1.16. The average Bonchev–Trinajstić information content (AvgIpc) is 2.78. The van der Waals surface area contributed by atoms with E-state index in [1.807, 2.05) is 67.8 Å². The third kappa shape index (κ3) is 9.56. The topological polar surface area (TPSA) is 198 Å². The van der Waals surface area contributed by atoms with Crippen molar-refractivity contribution in [2.45, 2.75) is 25.2 Å². The Morgan fingerprint density at radius 1 is 0.794 bits per heavy atom. The molecule has 0 heterocycles. The molecule has 3 unspecified atom stereocenters. The number of aliphatic hydroxyl groups is 5. The van der Waals surface area contributed by atoms with Crippen LogP contribution in [0.2, 0.25) is 0 Å². The van der Waals surface area contributed by atoms with Gasteiger partial charge in [0, 0.05) is 23.6 Å². The number of rotatable bonds is 13. The van der Waals surface area contributed by atoms with Crippen molar-refractivity contribution in [1.29, 1.82) is 0 Å². The van der Waals surface area contributed by atoms with E-state index in [2.05, 4.69) is 16.0 Å². The molecule has 0 spiro atoms.